The monoisotopic (exact) mass is 391 g/mol. The number of nitrogens with one attached hydrogen (secondary N) is 2. The zero-order valence-electron chi connectivity index (χ0n) is 16.7. The van der Waals surface area contributed by atoms with E-state index in [0.717, 1.165) is 53.7 Å². The first-order valence-corrected chi connectivity index (χ1v) is 10.4. The number of Topliss-reactive ketones (excluding diaryl/α,β-unsaturated/α-hetero) is 1. The van der Waals surface area contributed by atoms with Gasteiger partial charge in [-0.3, -0.25) is 9.59 Å². The van der Waals surface area contributed by atoms with E-state index in [2.05, 4.69) is 4.98 Å². The van der Waals surface area contributed by atoms with Crippen LogP contribution in [0.5, 0.6) is 0 Å². The molecule has 5 heteroatoms. The highest BCUT2D eigenvalue weighted by molar-refractivity contribution is 6.13. The number of hydrogen-bond donors (Lipinski definition) is 2. The molecule has 0 aliphatic carbocycles. The topological polar surface area (TPSA) is 63.6 Å². The number of esters is 1. The first-order valence-electron chi connectivity index (χ1n) is 10.4. The average Bonchev–Trinajstić information content (AvgIpc) is 3.15. The Labute approximate surface area is 170 Å². The summed E-state index contributed by atoms with van der Waals surface area (Å²) in [5, 5.41) is 0.970. The number of rotatable bonds is 6. The summed E-state index contributed by atoms with van der Waals surface area (Å²) in [6.45, 7) is 4.34. The molecule has 29 heavy (non-hydrogen) atoms. The van der Waals surface area contributed by atoms with E-state index in [4.69, 9.17) is 4.74 Å². The van der Waals surface area contributed by atoms with Crippen LogP contribution in [0.15, 0.2) is 54.6 Å². The zero-order chi connectivity index (χ0) is 20.2. The molecule has 0 bridgehead atoms. The molecular weight excluding hydrogens is 364 g/mol. The molecule has 0 saturated carbocycles. The smallest absolute Gasteiger partial charge is 0.309 e. The van der Waals surface area contributed by atoms with E-state index in [1.807, 2.05) is 61.5 Å². The van der Waals surface area contributed by atoms with Crippen LogP contribution >= 0.6 is 0 Å². The summed E-state index contributed by atoms with van der Waals surface area (Å²) in [7, 11) is 0. The molecule has 5 nitrogen and oxygen atoms in total. The van der Waals surface area contributed by atoms with E-state index in [-0.39, 0.29) is 17.7 Å². The second kappa shape index (κ2) is 8.62. The van der Waals surface area contributed by atoms with E-state index in [9.17, 15) is 9.59 Å². The Morgan fingerprint density at radius 1 is 1.03 bits per heavy atom. The highest BCUT2D eigenvalue weighted by Gasteiger charge is 2.30. The van der Waals surface area contributed by atoms with Crippen LogP contribution in [0.2, 0.25) is 0 Å². The molecule has 0 radical (unpaired) electrons. The molecule has 0 spiro atoms. The van der Waals surface area contributed by atoms with Crippen molar-refractivity contribution in [2.75, 3.05) is 26.2 Å². The van der Waals surface area contributed by atoms with Crippen LogP contribution < -0.4 is 4.90 Å². The third-order valence-electron chi connectivity index (χ3n) is 5.77. The van der Waals surface area contributed by atoms with Crippen LogP contribution in [0.4, 0.5) is 0 Å². The number of aromatic nitrogens is 1. The summed E-state index contributed by atoms with van der Waals surface area (Å²) < 4.78 is 5.15. The molecule has 3 aromatic rings. The molecule has 4 rings (SSSR count). The number of para-hydroxylation sites is 1. The number of carbonyl (C=O) groups excluding carboxylic acids is 2. The number of fused-ring (bicyclic) bond motifs is 1. The highest BCUT2D eigenvalue weighted by Crippen LogP contribution is 2.30. The van der Waals surface area contributed by atoms with Gasteiger partial charge in [0.2, 0.25) is 5.78 Å². The Kier molecular flexibility index (Phi) is 5.76. The van der Waals surface area contributed by atoms with Crippen LogP contribution in [0.3, 0.4) is 0 Å². The molecule has 2 N–H and O–H groups in total. The average molecular weight is 391 g/mol. The Morgan fingerprint density at radius 2 is 1.72 bits per heavy atom. The van der Waals surface area contributed by atoms with Gasteiger partial charge in [-0.05, 0) is 18.6 Å². The first-order chi connectivity index (χ1) is 14.2. The van der Waals surface area contributed by atoms with Crippen LogP contribution in [-0.4, -0.2) is 43.0 Å². The van der Waals surface area contributed by atoms with Crippen LogP contribution in [0, 0.1) is 5.92 Å². The number of quaternary nitrogens is 1. The van der Waals surface area contributed by atoms with Gasteiger partial charge in [-0.25, -0.2) is 0 Å². The molecule has 1 aliphatic heterocycles. The van der Waals surface area contributed by atoms with E-state index in [0.29, 0.717) is 13.2 Å². The highest BCUT2D eigenvalue weighted by atomic mass is 16.5. The van der Waals surface area contributed by atoms with Gasteiger partial charge in [0, 0.05) is 23.7 Å². The fourth-order valence-electron chi connectivity index (χ4n) is 4.27. The number of carbonyl (C=O) groups is 2. The van der Waals surface area contributed by atoms with Gasteiger partial charge in [-0.15, -0.1) is 0 Å². The molecule has 2 aromatic carbocycles. The fraction of sp³-hybridized carbons (Fsp3) is 0.333. The molecular formula is C24H27N2O3+. The van der Waals surface area contributed by atoms with Gasteiger partial charge in [0.1, 0.15) is 6.54 Å². The van der Waals surface area contributed by atoms with Crippen LogP contribution in [0.25, 0.3) is 22.2 Å². The third kappa shape index (κ3) is 4.10. The van der Waals surface area contributed by atoms with E-state index >= 15 is 0 Å². The number of hydrogen-bond acceptors (Lipinski definition) is 3. The van der Waals surface area contributed by atoms with Crippen molar-refractivity contribution in [1.29, 1.82) is 0 Å². The van der Waals surface area contributed by atoms with Crippen molar-refractivity contribution >= 4 is 22.7 Å². The summed E-state index contributed by atoms with van der Waals surface area (Å²) in [4.78, 5) is 30.0. The summed E-state index contributed by atoms with van der Waals surface area (Å²) in [5.41, 5.74) is 3.65. The number of piperidine rings is 1. The lowest BCUT2D eigenvalue weighted by Gasteiger charge is -2.27. The van der Waals surface area contributed by atoms with Gasteiger partial charge in [-0.2, -0.15) is 0 Å². The molecule has 1 aromatic heterocycles. The minimum atomic E-state index is -0.0964. The molecule has 1 aliphatic rings. The number of H-pyrrole nitrogens is 1. The SMILES string of the molecule is CCOC(=O)C1CC[NH+](CC(=O)c2c(-c3ccccc3)[nH]c3ccccc23)CC1. The number of benzene rings is 2. The molecule has 1 fully saturated rings. The number of aromatic amines is 1. The van der Waals surface area contributed by atoms with Gasteiger partial charge >= 0.3 is 5.97 Å². The van der Waals surface area contributed by atoms with Crippen molar-refractivity contribution in [3.63, 3.8) is 0 Å². The van der Waals surface area contributed by atoms with Crippen molar-refractivity contribution in [3.8, 4) is 11.3 Å². The minimum Gasteiger partial charge on any atom is -0.466 e. The standard InChI is InChI=1S/C24H26N2O3/c1-2-29-24(28)18-12-14-26(15-13-18)16-21(27)22-19-10-6-7-11-20(19)25-23(22)17-8-4-3-5-9-17/h3-11,18,25H,2,12-16H2,1H3/p+1. The lowest BCUT2D eigenvalue weighted by atomic mass is 9.96. The predicted octanol–water partition coefficient (Wildman–Crippen LogP) is 2.88. The van der Waals surface area contributed by atoms with Crippen molar-refractivity contribution in [3.05, 3.63) is 60.2 Å². The summed E-state index contributed by atoms with van der Waals surface area (Å²) in [6.07, 6.45) is 1.56. The van der Waals surface area contributed by atoms with Gasteiger partial charge in [0.15, 0.2) is 0 Å². The number of ketones is 1. The predicted molar refractivity (Wildman–Crippen MR) is 113 cm³/mol. The normalized spacial score (nSPS) is 19.2. The zero-order valence-corrected chi connectivity index (χ0v) is 16.7. The van der Waals surface area contributed by atoms with E-state index < -0.39 is 0 Å². The second-order valence-electron chi connectivity index (χ2n) is 7.66. The molecule has 0 unspecified atom stereocenters. The van der Waals surface area contributed by atoms with E-state index in [1.165, 1.54) is 4.90 Å². The number of likely N-dealkylation sites (tertiary alicyclic amines) is 1. The lowest BCUT2D eigenvalue weighted by Crippen LogP contribution is -3.14. The van der Waals surface area contributed by atoms with Crippen molar-refractivity contribution in [1.82, 2.24) is 4.98 Å². The van der Waals surface area contributed by atoms with E-state index in [1.54, 1.807) is 0 Å². The maximum Gasteiger partial charge on any atom is 0.309 e. The molecule has 0 amide bonds. The fourth-order valence-corrected chi connectivity index (χ4v) is 4.27. The van der Waals surface area contributed by atoms with Gasteiger partial charge in [0.05, 0.1) is 36.9 Å². The molecule has 1 saturated heterocycles. The number of ether oxygens (including phenoxy) is 1. The quantitative estimate of drug-likeness (QED) is 0.502. The Bertz CT molecular complexity index is 1000. The maximum atomic E-state index is 13.4. The Hall–Kier alpha value is -2.92. The third-order valence-corrected chi connectivity index (χ3v) is 5.77. The van der Waals surface area contributed by atoms with Crippen LogP contribution in [-0.2, 0) is 9.53 Å². The summed E-state index contributed by atoms with van der Waals surface area (Å²) in [5.74, 6) is 0.0218. The van der Waals surface area contributed by atoms with Crippen molar-refractivity contribution in [2.45, 2.75) is 19.8 Å². The van der Waals surface area contributed by atoms with Gasteiger partial charge < -0.3 is 14.6 Å². The molecule has 2 heterocycles. The first kappa shape index (κ1) is 19.4. The summed E-state index contributed by atoms with van der Waals surface area (Å²) in [6, 6.07) is 18.0. The second-order valence-corrected chi connectivity index (χ2v) is 7.66. The Balaban J connectivity index is 1.54. The van der Waals surface area contributed by atoms with Crippen molar-refractivity contribution in [2.24, 2.45) is 5.92 Å². The maximum absolute atomic E-state index is 13.4. The van der Waals surface area contributed by atoms with Gasteiger partial charge in [0.25, 0.3) is 0 Å². The lowest BCUT2D eigenvalue weighted by molar-refractivity contribution is -0.897. The van der Waals surface area contributed by atoms with Crippen molar-refractivity contribution < 1.29 is 19.2 Å². The molecule has 150 valence electrons. The Morgan fingerprint density at radius 3 is 2.45 bits per heavy atom. The van der Waals surface area contributed by atoms with Gasteiger partial charge in [-0.1, -0.05) is 48.5 Å². The minimum absolute atomic E-state index is 0.0261. The molecule has 0 atom stereocenters. The summed E-state index contributed by atoms with van der Waals surface area (Å²) >= 11 is 0. The largest absolute Gasteiger partial charge is 0.466 e. The van der Waals surface area contributed by atoms with Crippen LogP contribution in [0.1, 0.15) is 30.1 Å².